The standard InChI is InChI=1S/C22H18F8N4O2/c1-10-8-11(4-5-12(10)18(35)31-19(2)6-7-19)14-9-13(33-36-14)16-15(21(25,26)27)17(32-34(16)3)20(23,24)22(28,29)30/h4-5,8-9H,6-7H2,1-3H3,(H,31,35). The molecular formula is C22H18F8N4O2. The molecule has 0 atom stereocenters. The van der Waals surface area contributed by atoms with Gasteiger partial charge in [-0.15, -0.1) is 0 Å². The van der Waals surface area contributed by atoms with Crippen molar-refractivity contribution in [3.05, 3.63) is 46.6 Å². The summed E-state index contributed by atoms with van der Waals surface area (Å²) in [7, 11) is 0.785. The zero-order chi connectivity index (χ0) is 26.8. The molecule has 1 amide bonds. The largest absolute Gasteiger partial charge is 0.459 e. The summed E-state index contributed by atoms with van der Waals surface area (Å²) >= 11 is 0. The zero-order valence-corrected chi connectivity index (χ0v) is 18.9. The van der Waals surface area contributed by atoms with E-state index in [1.165, 1.54) is 18.2 Å². The van der Waals surface area contributed by atoms with E-state index in [0.29, 0.717) is 11.1 Å². The smallest absolute Gasteiger partial charge is 0.356 e. The minimum atomic E-state index is -6.31. The van der Waals surface area contributed by atoms with E-state index >= 15 is 0 Å². The molecule has 0 unspecified atom stereocenters. The first kappa shape index (κ1) is 25.6. The summed E-state index contributed by atoms with van der Waals surface area (Å²) in [4.78, 5) is 12.5. The summed E-state index contributed by atoms with van der Waals surface area (Å²) in [6.07, 6.45) is -10.2. The highest BCUT2D eigenvalue weighted by Gasteiger charge is 2.64. The molecule has 1 aromatic carbocycles. The Kier molecular flexibility index (Phi) is 5.72. The van der Waals surface area contributed by atoms with Gasteiger partial charge in [0.2, 0.25) is 0 Å². The molecule has 14 heteroatoms. The minimum absolute atomic E-state index is 0.104. The summed E-state index contributed by atoms with van der Waals surface area (Å²) in [5.41, 5.74) is -5.64. The Labute approximate surface area is 198 Å². The number of rotatable bonds is 5. The van der Waals surface area contributed by atoms with Gasteiger partial charge in [-0.25, -0.2) is 0 Å². The maximum Gasteiger partial charge on any atom is 0.459 e. The van der Waals surface area contributed by atoms with Crippen LogP contribution in [-0.4, -0.2) is 32.6 Å². The highest BCUT2D eigenvalue weighted by atomic mass is 19.4. The maximum absolute atomic E-state index is 13.9. The van der Waals surface area contributed by atoms with Crippen LogP contribution in [0.5, 0.6) is 0 Å². The van der Waals surface area contributed by atoms with Crippen molar-refractivity contribution in [2.75, 3.05) is 0 Å². The molecule has 4 rings (SSSR count). The van der Waals surface area contributed by atoms with Crippen LogP contribution < -0.4 is 5.32 Å². The Hall–Kier alpha value is -3.45. The van der Waals surface area contributed by atoms with Crippen LogP contribution >= 0.6 is 0 Å². The van der Waals surface area contributed by atoms with Gasteiger partial charge in [-0.2, -0.15) is 40.2 Å². The number of aromatic nitrogens is 3. The highest BCUT2D eigenvalue weighted by molar-refractivity contribution is 5.96. The molecule has 1 saturated carbocycles. The Morgan fingerprint density at radius 2 is 1.72 bits per heavy atom. The predicted molar refractivity (Wildman–Crippen MR) is 109 cm³/mol. The van der Waals surface area contributed by atoms with Crippen molar-refractivity contribution in [3.63, 3.8) is 0 Å². The fraction of sp³-hybridized carbons (Fsp3) is 0.409. The van der Waals surface area contributed by atoms with Gasteiger partial charge in [0.05, 0.1) is 0 Å². The second-order valence-corrected chi connectivity index (χ2v) is 8.89. The summed E-state index contributed by atoms with van der Waals surface area (Å²) < 4.78 is 113. The van der Waals surface area contributed by atoms with E-state index in [9.17, 15) is 39.9 Å². The summed E-state index contributed by atoms with van der Waals surface area (Å²) in [5, 5.41) is 9.20. The third-order valence-electron chi connectivity index (χ3n) is 5.91. The molecule has 1 aliphatic carbocycles. The molecule has 0 bridgehead atoms. The Bertz CT molecular complexity index is 1330. The van der Waals surface area contributed by atoms with E-state index in [4.69, 9.17) is 4.52 Å². The van der Waals surface area contributed by atoms with Crippen LogP contribution in [0.2, 0.25) is 0 Å². The molecule has 2 aromatic heterocycles. The van der Waals surface area contributed by atoms with Gasteiger partial charge in [0, 0.05) is 29.8 Å². The molecule has 1 fully saturated rings. The maximum atomic E-state index is 13.9. The summed E-state index contributed by atoms with van der Waals surface area (Å²) in [6, 6.07) is 5.38. The molecule has 0 spiro atoms. The van der Waals surface area contributed by atoms with Crippen molar-refractivity contribution >= 4 is 5.91 Å². The third-order valence-corrected chi connectivity index (χ3v) is 5.91. The number of halogens is 8. The lowest BCUT2D eigenvalue weighted by Gasteiger charge is -2.19. The Morgan fingerprint density at radius 1 is 1.08 bits per heavy atom. The lowest BCUT2D eigenvalue weighted by Crippen LogP contribution is -2.36. The van der Waals surface area contributed by atoms with Crippen LogP contribution in [0.25, 0.3) is 22.7 Å². The molecule has 36 heavy (non-hydrogen) atoms. The van der Waals surface area contributed by atoms with Crippen LogP contribution in [0.3, 0.4) is 0 Å². The second-order valence-electron chi connectivity index (χ2n) is 8.89. The molecule has 0 radical (unpaired) electrons. The molecule has 0 aliphatic heterocycles. The molecule has 3 aromatic rings. The number of nitrogens with zero attached hydrogens (tertiary/aromatic N) is 3. The Balaban J connectivity index is 1.73. The molecular weight excluding hydrogens is 504 g/mol. The van der Waals surface area contributed by atoms with Crippen molar-refractivity contribution in [1.82, 2.24) is 20.3 Å². The Morgan fingerprint density at radius 3 is 2.25 bits per heavy atom. The van der Waals surface area contributed by atoms with Crippen molar-refractivity contribution in [1.29, 1.82) is 0 Å². The van der Waals surface area contributed by atoms with Gasteiger partial charge in [-0.05, 0) is 44.4 Å². The normalized spacial score (nSPS) is 15.8. The van der Waals surface area contributed by atoms with Crippen LogP contribution in [0.15, 0.2) is 28.8 Å². The number of hydrogen-bond donors (Lipinski definition) is 1. The van der Waals surface area contributed by atoms with E-state index in [1.807, 2.05) is 6.92 Å². The van der Waals surface area contributed by atoms with E-state index in [1.54, 1.807) is 6.92 Å². The number of carbonyl (C=O) groups is 1. The molecule has 2 heterocycles. The summed E-state index contributed by atoms with van der Waals surface area (Å²) in [6.45, 7) is 3.52. The average molecular weight is 522 g/mol. The van der Waals surface area contributed by atoms with Gasteiger partial charge in [0.1, 0.15) is 17.0 Å². The predicted octanol–water partition coefficient (Wildman–Crippen LogP) is 6.01. The number of benzene rings is 1. The quantitative estimate of drug-likeness (QED) is 0.417. The van der Waals surface area contributed by atoms with E-state index < -0.39 is 40.9 Å². The molecule has 6 nitrogen and oxygen atoms in total. The first-order valence-electron chi connectivity index (χ1n) is 10.4. The van der Waals surface area contributed by atoms with Crippen molar-refractivity contribution in [2.45, 2.75) is 50.5 Å². The van der Waals surface area contributed by atoms with Crippen molar-refractivity contribution in [2.24, 2.45) is 7.05 Å². The topological polar surface area (TPSA) is 73.0 Å². The van der Waals surface area contributed by atoms with E-state index in [2.05, 4.69) is 15.6 Å². The van der Waals surface area contributed by atoms with Crippen LogP contribution in [0.1, 0.15) is 46.9 Å². The van der Waals surface area contributed by atoms with Gasteiger partial charge in [-0.3, -0.25) is 9.48 Å². The lowest BCUT2D eigenvalue weighted by atomic mass is 10.0. The monoisotopic (exact) mass is 522 g/mol. The van der Waals surface area contributed by atoms with Crippen LogP contribution in [-0.2, 0) is 19.1 Å². The number of hydrogen-bond acceptors (Lipinski definition) is 4. The van der Waals surface area contributed by atoms with Gasteiger partial charge >= 0.3 is 18.3 Å². The first-order valence-corrected chi connectivity index (χ1v) is 10.4. The summed E-state index contributed by atoms with van der Waals surface area (Å²) in [5.74, 6) is -6.28. The van der Waals surface area contributed by atoms with Crippen LogP contribution in [0.4, 0.5) is 35.1 Å². The van der Waals surface area contributed by atoms with E-state index in [0.717, 1.165) is 26.0 Å². The SMILES string of the molecule is Cc1cc(-c2cc(-c3c(C(F)(F)F)c(C(F)(F)C(F)(F)F)nn3C)no2)ccc1C(=O)NC1(C)CC1. The molecule has 0 saturated heterocycles. The van der Waals surface area contributed by atoms with Gasteiger partial charge in [0.15, 0.2) is 11.5 Å². The first-order chi connectivity index (χ1) is 16.4. The van der Waals surface area contributed by atoms with Crippen molar-refractivity contribution < 1.29 is 44.4 Å². The van der Waals surface area contributed by atoms with E-state index in [-0.39, 0.29) is 27.5 Å². The molecule has 1 aliphatic rings. The number of amides is 1. The lowest BCUT2D eigenvalue weighted by molar-refractivity contribution is -0.292. The number of nitrogens with one attached hydrogen (secondary N) is 1. The fourth-order valence-electron chi connectivity index (χ4n) is 3.69. The van der Waals surface area contributed by atoms with Gasteiger partial charge in [-0.1, -0.05) is 11.2 Å². The second kappa shape index (κ2) is 8.03. The minimum Gasteiger partial charge on any atom is -0.356 e. The number of aryl methyl sites for hydroxylation is 2. The zero-order valence-electron chi connectivity index (χ0n) is 18.9. The molecule has 1 N–H and O–H groups in total. The number of alkyl halides is 8. The van der Waals surface area contributed by atoms with Gasteiger partial charge < -0.3 is 9.84 Å². The highest BCUT2D eigenvalue weighted by Crippen LogP contribution is 2.50. The number of carbonyl (C=O) groups excluding carboxylic acids is 1. The third kappa shape index (κ3) is 4.44. The van der Waals surface area contributed by atoms with Crippen molar-refractivity contribution in [3.8, 4) is 22.7 Å². The van der Waals surface area contributed by atoms with Crippen LogP contribution in [0, 0.1) is 6.92 Å². The average Bonchev–Trinajstić information content (AvgIpc) is 3.12. The van der Waals surface area contributed by atoms with Gasteiger partial charge in [0.25, 0.3) is 5.91 Å². The molecule has 194 valence electrons. The fourth-order valence-corrected chi connectivity index (χ4v) is 3.69.